The highest BCUT2D eigenvalue weighted by Crippen LogP contribution is 2.21. The average Bonchev–Trinajstić information content (AvgIpc) is 3.65. The first-order valence-corrected chi connectivity index (χ1v) is 13.4. The number of para-hydroxylation sites is 1. The van der Waals surface area contributed by atoms with Crippen molar-refractivity contribution in [3.63, 3.8) is 0 Å². The Balaban J connectivity index is 1.26. The summed E-state index contributed by atoms with van der Waals surface area (Å²) < 4.78 is 0. The Kier molecular flexibility index (Phi) is 7.08. The highest BCUT2D eigenvalue weighted by atomic mass is 32.1. The molecule has 0 saturated carbocycles. The predicted molar refractivity (Wildman–Crippen MR) is 139 cm³/mol. The lowest BCUT2D eigenvalue weighted by Gasteiger charge is -2.36. The minimum atomic E-state index is -0.605. The molecule has 8 heteroatoms. The molecule has 1 aliphatic heterocycles. The van der Waals surface area contributed by atoms with Crippen molar-refractivity contribution in [2.45, 2.75) is 18.9 Å². The molecule has 2 amide bonds. The number of fused-ring (bicyclic) bond motifs is 1. The van der Waals surface area contributed by atoms with E-state index < -0.39 is 6.04 Å². The summed E-state index contributed by atoms with van der Waals surface area (Å²) in [6.07, 6.45) is 3.45. The Morgan fingerprint density at radius 3 is 2.53 bits per heavy atom. The van der Waals surface area contributed by atoms with Crippen LogP contribution in [0.3, 0.4) is 0 Å². The number of rotatable bonds is 8. The average molecular weight is 493 g/mol. The Morgan fingerprint density at radius 2 is 1.76 bits per heavy atom. The van der Waals surface area contributed by atoms with Crippen molar-refractivity contribution in [1.82, 2.24) is 20.1 Å². The Bertz CT molecular complexity index is 1220. The number of hydrogen-bond donors (Lipinski definition) is 2. The number of benzene rings is 1. The molecule has 176 valence electrons. The van der Waals surface area contributed by atoms with E-state index in [1.807, 2.05) is 40.7 Å². The third kappa shape index (κ3) is 5.24. The number of carbonyl (C=O) groups excluding carboxylic acids is 2. The zero-order valence-corrected chi connectivity index (χ0v) is 20.5. The quantitative estimate of drug-likeness (QED) is 0.390. The Morgan fingerprint density at radius 1 is 0.971 bits per heavy atom. The van der Waals surface area contributed by atoms with E-state index in [1.54, 1.807) is 17.4 Å². The van der Waals surface area contributed by atoms with Crippen LogP contribution in [-0.2, 0) is 17.6 Å². The molecule has 5 rings (SSSR count). The summed E-state index contributed by atoms with van der Waals surface area (Å²) in [5.74, 6) is -0.198. The fourth-order valence-electron chi connectivity index (χ4n) is 4.49. The zero-order valence-electron chi connectivity index (χ0n) is 18.9. The summed E-state index contributed by atoms with van der Waals surface area (Å²) in [4.78, 5) is 36.1. The number of aromatic nitrogens is 1. The number of amides is 2. The molecule has 0 radical (unpaired) electrons. The van der Waals surface area contributed by atoms with Gasteiger partial charge in [-0.25, -0.2) is 0 Å². The summed E-state index contributed by atoms with van der Waals surface area (Å²) in [6.45, 7) is 4.09. The van der Waals surface area contributed by atoms with Crippen molar-refractivity contribution in [3.05, 3.63) is 80.8 Å². The molecule has 6 nitrogen and oxygen atoms in total. The van der Waals surface area contributed by atoms with Gasteiger partial charge in [0.1, 0.15) is 6.04 Å². The molecule has 1 aliphatic rings. The summed E-state index contributed by atoms with van der Waals surface area (Å²) >= 11 is 3.18. The van der Waals surface area contributed by atoms with E-state index in [1.165, 1.54) is 16.2 Å². The monoisotopic (exact) mass is 492 g/mol. The highest BCUT2D eigenvalue weighted by molar-refractivity contribution is 7.12. The van der Waals surface area contributed by atoms with E-state index in [4.69, 9.17) is 0 Å². The molecule has 0 aliphatic carbocycles. The Hall–Kier alpha value is -2.94. The minimum Gasteiger partial charge on any atom is -0.361 e. The maximum atomic E-state index is 13.6. The van der Waals surface area contributed by atoms with Crippen molar-refractivity contribution in [3.8, 4) is 0 Å². The number of H-pyrrole nitrogens is 1. The van der Waals surface area contributed by atoms with Crippen molar-refractivity contribution in [1.29, 1.82) is 0 Å². The first-order valence-electron chi connectivity index (χ1n) is 11.6. The largest absolute Gasteiger partial charge is 0.361 e. The van der Waals surface area contributed by atoms with E-state index in [-0.39, 0.29) is 11.8 Å². The van der Waals surface area contributed by atoms with E-state index in [0.717, 1.165) is 42.5 Å². The van der Waals surface area contributed by atoms with Gasteiger partial charge >= 0.3 is 0 Å². The molecule has 1 aromatic carbocycles. The number of thiophene rings is 2. The fourth-order valence-corrected chi connectivity index (χ4v) is 5.82. The van der Waals surface area contributed by atoms with Gasteiger partial charge in [0.25, 0.3) is 5.91 Å². The first-order chi connectivity index (χ1) is 16.7. The van der Waals surface area contributed by atoms with Gasteiger partial charge < -0.3 is 15.2 Å². The topological polar surface area (TPSA) is 68.4 Å². The number of carbonyl (C=O) groups is 2. The minimum absolute atomic E-state index is 0.00639. The molecule has 3 aromatic heterocycles. The van der Waals surface area contributed by atoms with Gasteiger partial charge in [0, 0.05) is 61.1 Å². The van der Waals surface area contributed by atoms with Gasteiger partial charge in [0.15, 0.2) is 0 Å². The second-order valence-corrected chi connectivity index (χ2v) is 10.5. The second-order valence-electron chi connectivity index (χ2n) is 8.56. The molecular formula is C26H28N4O2S2. The summed E-state index contributed by atoms with van der Waals surface area (Å²) in [5, 5.41) is 8.11. The molecule has 0 bridgehead atoms. The molecule has 4 aromatic rings. The summed E-state index contributed by atoms with van der Waals surface area (Å²) in [5.41, 5.74) is 2.07. The molecule has 34 heavy (non-hydrogen) atoms. The smallest absolute Gasteiger partial charge is 0.262 e. The zero-order chi connectivity index (χ0) is 23.3. The van der Waals surface area contributed by atoms with Crippen LogP contribution in [-0.4, -0.2) is 65.4 Å². The van der Waals surface area contributed by atoms with Crippen LogP contribution in [0.15, 0.2) is 65.5 Å². The van der Waals surface area contributed by atoms with Crippen molar-refractivity contribution in [2.24, 2.45) is 0 Å². The number of hydrogen-bond acceptors (Lipinski definition) is 5. The predicted octanol–water partition coefficient (Wildman–Crippen LogP) is 4.02. The van der Waals surface area contributed by atoms with Crippen LogP contribution in [0.4, 0.5) is 0 Å². The highest BCUT2D eigenvalue weighted by Gasteiger charge is 2.30. The van der Waals surface area contributed by atoms with Crippen LogP contribution in [0.25, 0.3) is 10.9 Å². The summed E-state index contributed by atoms with van der Waals surface area (Å²) in [6, 6.07) is 15.4. The number of nitrogens with one attached hydrogen (secondary N) is 2. The van der Waals surface area contributed by atoms with E-state index in [0.29, 0.717) is 24.4 Å². The third-order valence-corrected chi connectivity index (χ3v) is 8.19. The van der Waals surface area contributed by atoms with Crippen LogP contribution >= 0.6 is 22.7 Å². The van der Waals surface area contributed by atoms with Gasteiger partial charge in [-0.05, 0) is 40.9 Å². The van der Waals surface area contributed by atoms with Gasteiger partial charge in [-0.1, -0.05) is 30.3 Å². The number of aromatic amines is 1. The van der Waals surface area contributed by atoms with Crippen LogP contribution in [0.5, 0.6) is 0 Å². The van der Waals surface area contributed by atoms with Crippen LogP contribution in [0.1, 0.15) is 20.1 Å². The lowest BCUT2D eigenvalue weighted by molar-refractivity contribution is -0.135. The van der Waals surface area contributed by atoms with Crippen molar-refractivity contribution in [2.75, 3.05) is 32.7 Å². The summed E-state index contributed by atoms with van der Waals surface area (Å²) in [7, 11) is 0. The van der Waals surface area contributed by atoms with Crippen molar-refractivity contribution < 1.29 is 9.59 Å². The van der Waals surface area contributed by atoms with E-state index >= 15 is 0 Å². The Labute approximate surface area is 207 Å². The molecule has 4 heterocycles. The lowest BCUT2D eigenvalue weighted by atomic mass is 10.0. The van der Waals surface area contributed by atoms with Crippen LogP contribution < -0.4 is 5.32 Å². The SMILES string of the molecule is O=C(NC(Cc1c[nH]c2ccccc12)C(=O)N1CCN(CCc2cccs2)CC1)c1cccs1. The van der Waals surface area contributed by atoms with Gasteiger partial charge in [-0.3, -0.25) is 14.5 Å². The third-order valence-electron chi connectivity index (χ3n) is 6.39. The fraction of sp³-hybridized carbons (Fsp3) is 0.308. The van der Waals surface area contributed by atoms with Gasteiger partial charge in [0.2, 0.25) is 5.91 Å². The van der Waals surface area contributed by atoms with Gasteiger partial charge in [0.05, 0.1) is 4.88 Å². The lowest BCUT2D eigenvalue weighted by Crippen LogP contribution is -2.55. The molecule has 1 unspecified atom stereocenters. The maximum Gasteiger partial charge on any atom is 0.262 e. The molecule has 1 atom stereocenters. The van der Waals surface area contributed by atoms with Crippen molar-refractivity contribution >= 4 is 45.4 Å². The van der Waals surface area contributed by atoms with Crippen LogP contribution in [0, 0.1) is 0 Å². The van der Waals surface area contributed by atoms with Crippen LogP contribution in [0.2, 0.25) is 0 Å². The van der Waals surface area contributed by atoms with E-state index in [9.17, 15) is 9.59 Å². The van der Waals surface area contributed by atoms with Gasteiger partial charge in [-0.15, -0.1) is 22.7 Å². The second kappa shape index (κ2) is 10.5. The molecule has 0 spiro atoms. The first kappa shape index (κ1) is 22.8. The molecular weight excluding hydrogens is 464 g/mol. The normalized spacial score (nSPS) is 15.5. The molecule has 1 fully saturated rings. The van der Waals surface area contributed by atoms with Gasteiger partial charge in [-0.2, -0.15) is 0 Å². The van der Waals surface area contributed by atoms with E-state index in [2.05, 4.69) is 38.8 Å². The maximum absolute atomic E-state index is 13.6. The molecule has 1 saturated heterocycles. The number of nitrogens with zero attached hydrogens (tertiary/aromatic N) is 2. The number of piperazine rings is 1. The standard InChI is InChI=1S/C26H28N4O2S2/c31-25(24-8-4-16-34-24)28-23(17-19-18-27-22-7-2-1-6-21(19)22)26(32)30-13-11-29(12-14-30)10-9-20-5-3-15-33-20/h1-8,15-16,18,23,27H,9-14,17H2,(H,28,31). The molecule has 2 N–H and O–H groups in total.